The number of hydrogen-bond acceptors (Lipinski definition) is 4. The number of fused-ring (bicyclic) bond motifs is 5. The van der Waals surface area contributed by atoms with Gasteiger partial charge in [-0.1, -0.05) is 19.8 Å². The second-order valence-corrected chi connectivity index (χ2v) is 8.34. The summed E-state index contributed by atoms with van der Waals surface area (Å²) < 4.78 is 0. The first kappa shape index (κ1) is 15.6. The van der Waals surface area contributed by atoms with Crippen LogP contribution in [0.4, 0.5) is 5.82 Å². The Labute approximate surface area is 149 Å². The SMILES string of the molecule is CCC[C@H]1CCC[C@H]2[C@@H]3C[C@@H](CN(c4ncnc5cc[nH]c45)C3)CN12. The molecule has 5 rings (SSSR count). The quantitative estimate of drug-likeness (QED) is 0.931. The minimum Gasteiger partial charge on any atom is -0.357 e. The molecule has 1 N–H and O–H groups in total. The number of nitrogens with one attached hydrogen (secondary N) is 1. The minimum absolute atomic E-state index is 0.785. The summed E-state index contributed by atoms with van der Waals surface area (Å²) in [6, 6.07) is 3.68. The number of aromatic nitrogens is 3. The molecule has 0 radical (unpaired) electrons. The van der Waals surface area contributed by atoms with Crippen molar-refractivity contribution in [2.24, 2.45) is 11.8 Å². The molecule has 25 heavy (non-hydrogen) atoms. The maximum absolute atomic E-state index is 4.65. The lowest BCUT2D eigenvalue weighted by Crippen LogP contribution is -2.61. The second kappa shape index (κ2) is 6.27. The van der Waals surface area contributed by atoms with Crippen molar-refractivity contribution in [1.29, 1.82) is 0 Å². The molecule has 0 aromatic carbocycles. The van der Waals surface area contributed by atoms with Crippen molar-refractivity contribution < 1.29 is 0 Å². The predicted octanol–water partition coefficient (Wildman–Crippen LogP) is 3.44. The van der Waals surface area contributed by atoms with Crippen LogP contribution < -0.4 is 4.90 Å². The van der Waals surface area contributed by atoms with Crippen LogP contribution in [0.3, 0.4) is 0 Å². The largest absolute Gasteiger partial charge is 0.357 e. The summed E-state index contributed by atoms with van der Waals surface area (Å²) in [5.41, 5.74) is 2.13. The van der Waals surface area contributed by atoms with Crippen molar-refractivity contribution in [1.82, 2.24) is 19.9 Å². The van der Waals surface area contributed by atoms with E-state index < -0.39 is 0 Å². The lowest BCUT2D eigenvalue weighted by molar-refractivity contribution is -0.0215. The van der Waals surface area contributed by atoms with Crippen LogP contribution in [-0.4, -0.2) is 51.6 Å². The first-order valence-corrected chi connectivity index (χ1v) is 10.1. The Hall–Kier alpha value is -1.62. The van der Waals surface area contributed by atoms with Gasteiger partial charge in [0.05, 0.1) is 5.52 Å². The molecule has 5 heterocycles. The van der Waals surface area contributed by atoms with Crippen LogP contribution in [-0.2, 0) is 0 Å². The van der Waals surface area contributed by atoms with E-state index in [4.69, 9.17) is 0 Å². The molecule has 134 valence electrons. The average Bonchev–Trinajstić information content (AvgIpc) is 3.11. The molecule has 4 atom stereocenters. The van der Waals surface area contributed by atoms with Crippen LogP contribution in [0.1, 0.15) is 45.4 Å². The standard InChI is InChI=1S/C20H29N5/c1-2-4-16-5-3-6-18-15-9-14(11-25(16)18)10-24(12-15)20-19-17(7-8-21-19)22-13-23-20/h7-8,13-16,18,21H,2-6,9-12H2,1H3/t14-,15+,16-,18-/m0/s1. The molecule has 2 aromatic rings. The fourth-order valence-corrected chi connectivity index (χ4v) is 5.83. The molecule has 3 saturated heterocycles. The molecule has 2 bridgehead atoms. The Morgan fingerprint density at radius 2 is 2.16 bits per heavy atom. The predicted molar refractivity (Wildman–Crippen MR) is 101 cm³/mol. The van der Waals surface area contributed by atoms with Crippen LogP contribution in [0, 0.1) is 11.8 Å². The Balaban J connectivity index is 1.41. The van der Waals surface area contributed by atoms with E-state index in [1.807, 2.05) is 12.3 Å². The first-order valence-electron chi connectivity index (χ1n) is 10.1. The summed E-state index contributed by atoms with van der Waals surface area (Å²) in [7, 11) is 0. The average molecular weight is 339 g/mol. The van der Waals surface area contributed by atoms with E-state index >= 15 is 0 Å². The molecule has 5 heteroatoms. The van der Waals surface area contributed by atoms with Gasteiger partial charge in [0.1, 0.15) is 11.8 Å². The van der Waals surface area contributed by atoms with Gasteiger partial charge in [-0.25, -0.2) is 9.97 Å². The third kappa shape index (κ3) is 2.64. The topological polar surface area (TPSA) is 48.1 Å². The van der Waals surface area contributed by atoms with E-state index in [1.54, 1.807) is 6.33 Å². The lowest BCUT2D eigenvalue weighted by Gasteiger charge is -2.55. The van der Waals surface area contributed by atoms with Gasteiger partial charge in [0.25, 0.3) is 0 Å². The van der Waals surface area contributed by atoms with Gasteiger partial charge >= 0.3 is 0 Å². The molecule has 0 aliphatic carbocycles. The van der Waals surface area contributed by atoms with Crippen molar-refractivity contribution in [2.45, 2.75) is 57.5 Å². The smallest absolute Gasteiger partial charge is 0.156 e. The van der Waals surface area contributed by atoms with E-state index in [2.05, 4.69) is 31.7 Å². The van der Waals surface area contributed by atoms with Gasteiger partial charge in [-0.05, 0) is 43.6 Å². The summed E-state index contributed by atoms with van der Waals surface area (Å²) in [6.07, 6.45) is 12.0. The summed E-state index contributed by atoms with van der Waals surface area (Å²) in [6.45, 7) is 5.93. The third-order valence-electron chi connectivity index (χ3n) is 6.76. The van der Waals surface area contributed by atoms with Crippen molar-refractivity contribution in [3.8, 4) is 0 Å². The van der Waals surface area contributed by atoms with E-state index in [1.165, 1.54) is 45.1 Å². The Kier molecular flexibility index (Phi) is 3.92. The Bertz CT molecular complexity index is 739. The first-order chi connectivity index (χ1) is 12.3. The summed E-state index contributed by atoms with van der Waals surface area (Å²) in [5, 5.41) is 0. The Morgan fingerprint density at radius 1 is 1.20 bits per heavy atom. The van der Waals surface area contributed by atoms with Crippen molar-refractivity contribution in [3.63, 3.8) is 0 Å². The molecule has 0 saturated carbocycles. The second-order valence-electron chi connectivity index (χ2n) is 8.34. The van der Waals surface area contributed by atoms with Gasteiger partial charge < -0.3 is 9.88 Å². The van der Waals surface area contributed by atoms with E-state index in [0.29, 0.717) is 0 Å². The molecule has 2 aromatic heterocycles. The number of piperidine rings is 3. The summed E-state index contributed by atoms with van der Waals surface area (Å²) >= 11 is 0. The maximum Gasteiger partial charge on any atom is 0.156 e. The molecular formula is C20H29N5. The zero-order valence-electron chi connectivity index (χ0n) is 15.2. The van der Waals surface area contributed by atoms with Crippen LogP contribution >= 0.6 is 0 Å². The van der Waals surface area contributed by atoms with Crippen LogP contribution in [0.25, 0.3) is 11.0 Å². The van der Waals surface area contributed by atoms with Gasteiger partial charge in [-0.15, -0.1) is 0 Å². The number of nitrogens with zero attached hydrogens (tertiary/aromatic N) is 4. The molecule has 0 amide bonds. The minimum atomic E-state index is 0.785. The van der Waals surface area contributed by atoms with E-state index in [-0.39, 0.29) is 0 Å². The normalized spacial score (nSPS) is 32.8. The highest BCUT2D eigenvalue weighted by molar-refractivity contribution is 5.85. The molecular weight excluding hydrogens is 310 g/mol. The fourth-order valence-electron chi connectivity index (χ4n) is 5.83. The maximum atomic E-state index is 4.65. The molecule has 3 aliphatic heterocycles. The highest BCUT2D eigenvalue weighted by Gasteiger charge is 2.44. The van der Waals surface area contributed by atoms with Crippen LogP contribution in [0.5, 0.6) is 0 Å². The molecule has 3 fully saturated rings. The zero-order valence-corrected chi connectivity index (χ0v) is 15.2. The number of anilines is 1. The van der Waals surface area contributed by atoms with Crippen molar-refractivity contribution in [3.05, 3.63) is 18.6 Å². The lowest BCUT2D eigenvalue weighted by atomic mass is 9.74. The number of rotatable bonds is 3. The highest BCUT2D eigenvalue weighted by Crippen LogP contribution is 2.41. The summed E-state index contributed by atoms with van der Waals surface area (Å²) in [5.74, 6) is 2.69. The molecule has 0 unspecified atom stereocenters. The monoisotopic (exact) mass is 339 g/mol. The highest BCUT2D eigenvalue weighted by atomic mass is 15.3. The van der Waals surface area contributed by atoms with Gasteiger partial charge in [-0.3, -0.25) is 4.90 Å². The number of hydrogen-bond donors (Lipinski definition) is 1. The van der Waals surface area contributed by atoms with Gasteiger partial charge in [0.2, 0.25) is 0 Å². The zero-order chi connectivity index (χ0) is 16.8. The van der Waals surface area contributed by atoms with E-state index in [0.717, 1.165) is 53.9 Å². The van der Waals surface area contributed by atoms with Crippen molar-refractivity contribution in [2.75, 3.05) is 24.5 Å². The molecule has 0 spiro atoms. The Morgan fingerprint density at radius 3 is 3.08 bits per heavy atom. The molecule has 5 nitrogen and oxygen atoms in total. The van der Waals surface area contributed by atoms with E-state index in [9.17, 15) is 0 Å². The molecule has 3 aliphatic rings. The van der Waals surface area contributed by atoms with Crippen molar-refractivity contribution >= 4 is 16.9 Å². The van der Waals surface area contributed by atoms with Gasteiger partial charge in [0.15, 0.2) is 5.82 Å². The number of H-pyrrole nitrogens is 1. The van der Waals surface area contributed by atoms with Gasteiger partial charge in [0, 0.05) is 37.9 Å². The fraction of sp³-hybridized carbons (Fsp3) is 0.700. The van der Waals surface area contributed by atoms with Gasteiger partial charge in [-0.2, -0.15) is 0 Å². The van der Waals surface area contributed by atoms with Crippen LogP contribution in [0.15, 0.2) is 18.6 Å². The number of aromatic amines is 1. The van der Waals surface area contributed by atoms with Crippen LogP contribution in [0.2, 0.25) is 0 Å². The summed E-state index contributed by atoms with van der Waals surface area (Å²) in [4.78, 5) is 17.8. The third-order valence-corrected chi connectivity index (χ3v) is 6.76.